The van der Waals surface area contributed by atoms with E-state index in [1.54, 1.807) is 6.07 Å². The number of carbonyl (C=O) groups excluding carboxylic acids is 1. The Hall–Kier alpha value is -2.53. The van der Waals surface area contributed by atoms with Gasteiger partial charge in [-0.2, -0.15) is 0 Å². The quantitative estimate of drug-likeness (QED) is 0.461. The van der Waals surface area contributed by atoms with Crippen molar-refractivity contribution >= 4 is 11.5 Å². The van der Waals surface area contributed by atoms with Gasteiger partial charge in [-0.25, -0.2) is 4.98 Å². The summed E-state index contributed by atoms with van der Waals surface area (Å²) in [6.07, 6.45) is 1.54. The molecule has 0 saturated heterocycles. The topological polar surface area (TPSA) is 64.1 Å². The summed E-state index contributed by atoms with van der Waals surface area (Å²) in [7, 11) is 0. The van der Waals surface area contributed by atoms with E-state index < -0.39 is 0 Å². The molecule has 23 heavy (non-hydrogen) atoms. The zero-order valence-electron chi connectivity index (χ0n) is 13.5. The molecule has 0 unspecified atom stereocenters. The lowest BCUT2D eigenvalue weighted by Crippen LogP contribution is -2.14. The fraction of sp³-hybridized carbons (Fsp3) is 0.278. The van der Waals surface area contributed by atoms with Gasteiger partial charge in [0.25, 0.3) is 0 Å². The Morgan fingerprint density at radius 3 is 2.65 bits per heavy atom. The van der Waals surface area contributed by atoms with Crippen LogP contribution < -0.4 is 5.48 Å². The average molecular weight is 311 g/mol. The fourth-order valence-electron chi connectivity index (χ4n) is 2.04. The molecule has 0 radical (unpaired) electrons. The van der Waals surface area contributed by atoms with Gasteiger partial charge in [0.1, 0.15) is 5.69 Å². The first-order valence-corrected chi connectivity index (χ1v) is 7.54. The minimum atomic E-state index is -0.0216. The van der Waals surface area contributed by atoms with Crippen LogP contribution in [0.4, 0.5) is 0 Å². The third-order valence-electron chi connectivity index (χ3n) is 3.24. The third kappa shape index (κ3) is 5.30. The Morgan fingerprint density at radius 2 is 1.91 bits per heavy atom. The van der Waals surface area contributed by atoms with Crippen molar-refractivity contribution < 1.29 is 9.63 Å². The minimum absolute atomic E-state index is 0.0216. The van der Waals surface area contributed by atoms with Crippen molar-refractivity contribution in [3.05, 3.63) is 65.8 Å². The molecule has 0 aromatic carbocycles. The van der Waals surface area contributed by atoms with Crippen molar-refractivity contribution in [1.82, 2.24) is 15.4 Å². The Bertz CT molecular complexity index is 698. The predicted molar refractivity (Wildman–Crippen MR) is 89.7 cm³/mol. The van der Waals surface area contributed by atoms with Crippen molar-refractivity contribution in [3.63, 3.8) is 0 Å². The zero-order valence-corrected chi connectivity index (χ0v) is 13.5. The van der Waals surface area contributed by atoms with Crippen molar-refractivity contribution in [3.8, 4) is 0 Å². The van der Waals surface area contributed by atoms with Crippen LogP contribution in [0.5, 0.6) is 0 Å². The molecule has 0 bridgehead atoms. The van der Waals surface area contributed by atoms with Crippen LogP contribution in [0.15, 0.2) is 43.0 Å². The highest BCUT2D eigenvalue weighted by Gasteiger charge is 2.03. The summed E-state index contributed by atoms with van der Waals surface area (Å²) in [6, 6.07) is 11.2. The number of hydrogen-bond donors (Lipinski definition) is 1. The Morgan fingerprint density at radius 1 is 1.17 bits per heavy atom. The van der Waals surface area contributed by atoms with Gasteiger partial charge in [0.15, 0.2) is 5.78 Å². The van der Waals surface area contributed by atoms with Gasteiger partial charge in [-0.1, -0.05) is 18.7 Å². The molecule has 0 amide bonds. The summed E-state index contributed by atoms with van der Waals surface area (Å²) in [5, 5.41) is 0. The van der Waals surface area contributed by atoms with Gasteiger partial charge in [-0.3, -0.25) is 20.1 Å². The molecule has 2 heterocycles. The summed E-state index contributed by atoms with van der Waals surface area (Å²) in [5.41, 5.74) is 6.53. The maximum atomic E-state index is 11.3. The zero-order chi connectivity index (χ0) is 16.7. The van der Waals surface area contributed by atoms with Crippen LogP contribution >= 0.6 is 0 Å². The van der Waals surface area contributed by atoms with Crippen LogP contribution in [0, 0.1) is 6.92 Å². The van der Waals surface area contributed by atoms with Crippen LogP contribution in [-0.2, 0) is 11.3 Å². The Labute approximate surface area is 136 Å². The van der Waals surface area contributed by atoms with Crippen LogP contribution in [0.3, 0.4) is 0 Å². The van der Waals surface area contributed by atoms with Crippen LogP contribution in [0.1, 0.15) is 40.9 Å². The molecule has 0 spiro atoms. The smallest absolute Gasteiger partial charge is 0.178 e. The van der Waals surface area contributed by atoms with Gasteiger partial charge in [0, 0.05) is 18.3 Å². The molecule has 0 saturated carbocycles. The number of carbonyl (C=O) groups is 1. The van der Waals surface area contributed by atoms with Gasteiger partial charge in [0.2, 0.25) is 0 Å². The largest absolute Gasteiger partial charge is 0.293 e. The fourth-order valence-corrected chi connectivity index (χ4v) is 2.04. The van der Waals surface area contributed by atoms with E-state index in [0.717, 1.165) is 29.9 Å². The number of aromatic nitrogens is 2. The van der Waals surface area contributed by atoms with Crippen LogP contribution in [0.2, 0.25) is 0 Å². The molecule has 5 nitrogen and oxygen atoms in total. The number of hydrogen-bond acceptors (Lipinski definition) is 5. The van der Waals surface area contributed by atoms with E-state index in [4.69, 9.17) is 4.84 Å². The van der Waals surface area contributed by atoms with Crippen LogP contribution in [-0.4, -0.2) is 22.4 Å². The normalized spacial score (nSPS) is 10.3. The standard InChI is InChI=1S/C18H21N3O2/c1-13-7-4-10-17(19-13)14(2)21-23-12-6-9-16-8-5-11-18(20-16)15(3)22/h4-5,7-8,10-11,21H,2,6,9,12H2,1,3H3. The monoisotopic (exact) mass is 311 g/mol. The molecule has 0 aliphatic rings. The van der Waals surface area contributed by atoms with E-state index in [9.17, 15) is 4.79 Å². The molecule has 120 valence electrons. The average Bonchev–Trinajstić information content (AvgIpc) is 2.54. The first-order valence-electron chi connectivity index (χ1n) is 7.54. The summed E-state index contributed by atoms with van der Waals surface area (Å²) in [5.74, 6) is -0.0216. The lowest BCUT2D eigenvalue weighted by Gasteiger charge is -2.09. The first kappa shape index (κ1) is 16.8. The maximum Gasteiger partial charge on any atom is 0.178 e. The highest BCUT2D eigenvalue weighted by molar-refractivity contribution is 5.92. The van der Waals surface area contributed by atoms with E-state index in [-0.39, 0.29) is 5.78 Å². The SMILES string of the molecule is C=C(NOCCCc1cccc(C(C)=O)n1)c1cccc(C)n1. The predicted octanol–water partition coefficient (Wildman–Crippen LogP) is 3.11. The molecule has 5 heteroatoms. The number of ketones is 1. The van der Waals surface area contributed by atoms with Crippen molar-refractivity contribution in [2.75, 3.05) is 6.61 Å². The van der Waals surface area contributed by atoms with Crippen molar-refractivity contribution in [1.29, 1.82) is 0 Å². The van der Waals surface area contributed by atoms with E-state index in [1.807, 2.05) is 37.3 Å². The molecule has 0 atom stereocenters. The first-order chi connectivity index (χ1) is 11.1. The number of pyridine rings is 2. The number of nitrogens with one attached hydrogen (secondary N) is 1. The lowest BCUT2D eigenvalue weighted by molar-refractivity contribution is 0.0764. The number of aryl methyl sites for hydroxylation is 2. The van der Waals surface area contributed by atoms with Gasteiger partial charge in [-0.15, -0.1) is 0 Å². The lowest BCUT2D eigenvalue weighted by atomic mass is 10.2. The summed E-state index contributed by atoms with van der Waals surface area (Å²) >= 11 is 0. The van der Waals surface area contributed by atoms with Gasteiger partial charge in [0.05, 0.1) is 18.0 Å². The number of hydroxylamine groups is 1. The van der Waals surface area contributed by atoms with Gasteiger partial charge >= 0.3 is 0 Å². The number of rotatable bonds is 8. The molecule has 0 aliphatic heterocycles. The number of nitrogens with zero attached hydrogens (tertiary/aromatic N) is 2. The molecule has 0 fully saturated rings. The molecular formula is C18H21N3O2. The second-order valence-corrected chi connectivity index (χ2v) is 5.27. The summed E-state index contributed by atoms with van der Waals surface area (Å²) in [6.45, 7) is 7.86. The molecule has 0 aliphatic carbocycles. The Balaban J connectivity index is 1.72. The highest BCUT2D eigenvalue weighted by Crippen LogP contribution is 2.07. The summed E-state index contributed by atoms with van der Waals surface area (Å²) < 4.78 is 0. The Kier molecular flexibility index (Phi) is 6.00. The minimum Gasteiger partial charge on any atom is -0.293 e. The van der Waals surface area contributed by atoms with Gasteiger partial charge < -0.3 is 0 Å². The molecule has 2 rings (SSSR count). The molecule has 2 aromatic rings. The maximum absolute atomic E-state index is 11.3. The second kappa shape index (κ2) is 8.19. The highest BCUT2D eigenvalue weighted by atomic mass is 16.6. The van der Waals surface area contributed by atoms with Crippen molar-refractivity contribution in [2.45, 2.75) is 26.7 Å². The second-order valence-electron chi connectivity index (χ2n) is 5.27. The summed E-state index contributed by atoms with van der Waals surface area (Å²) in [4.78, 5) is 25.4. The molecule has 1 N–H and O–H groups in total. The number of Topliss-reactive ketones (excluding diaryl/α,β-unsaturated/α-hetero) is 1. The van der Waals surface area contributed by atoms with Gasteiger partial charge in [-0.05, 0) is 44.0 Å². The van der Waals surface area contributed by atoms with E-state index in [0.29, 0.717) is 18.0 Å². The molecule has 2 aromatic heterocycles. The van der Waals surface area contributed by atoms with E-state index in [2.05, 4.69) is 22.0 Å². The third-order valence-corrected chi connectivity index (χ3v) is 3.24. The molecular weight excluding hydrogens is 290 g/mol. The van der Waals surface area contributed by atoms with E-state index >= 15 is 0 Å². The van der Waals surface area contributed by atoms with E-state index in [1.165, 1.54) is 6.92 Å². The van der Waals surface area contributed by atoms with Crippen LogP contribution in [0.25, 0.3) is 5.70 Å². The van der Waals surface area contributed by atoms with Crippen molar-refractivity contribution in [2.24, 2.45) is 0 Å².